The number of halogens is 4. The van der Waals surface area contributed by atoms with Crippen LogP contribution in [0.5, 0.6) is 0 Å². The predicted octanol–water partition coefficient (Wildman–Crippen LogP) is 12.4. The number of hydrogen-bond acceptors (Lipinski definition) is 4. The summed E-state index contributed by atoms with van der Waals surface area (Å²) >= 11 is 7.90. The number of nitrogens with zero attached hydrogens (tertiary/aromatic N) is 2. The minimum absolute atomic E-state index is 0.111. The molecule has 274 valence electrons. The van der Waals surface area contributed by atoms with Crippen molar-refractivity contribution < 1.29 is 23.1 Å². The number of hydrogen-bond donors (Lipinski definition) is 2. The normalized spacial score (nSPS) is 11.8. The van der Waals surface area contributed by atoms with Gasteiger partial charge in [0.2, 0.25) is 0 Å². The van der Waals surface area contributed by atoms with E-state index in [4.69, 9.17) is 18.0 Å². The fourth-order valence-electron chi connectivity index (χ4n) is 5.79. The van der Waals surface area contributed by atoms with Crippen molar-refractivity contribution in [3.8, 4) is 12.3 Å². The van der Waals surface area contributed by atoms with Crippen molar-refractivity contribution in [3.63, 3.8) is 0 Å². The van der Waals surface area contributed by atoms with E-state index >= 15 is 0 Å². The molecular weight excluding hydrogens is 667 g/mol. The second-order valence-corrected chi connectivity index (χ2v) is 15.4. The van der Waals surface area contributed by atoms with Crippen LogP contribution >= 0.6 is 22.9 Å². The molecule has 0 aromatic carbocycles. The van der Waals surface area contributed by atoms with Crippen LogP contribution < -0.4 is 5.32 Å². The van der Waals surface area contributed by atoms with E-state index in [-0.39, 0.29) is 5.69 Å². The molecule has 0 atom stereocenters. The van der Waals surface area contributed by atoms with E-state index in [9.17, 15) is 23.1 Å². The Labute approximate surface area is 301 Å². The number of carbonyl (C=O) groups is 1. The van der Waals surface area contributed by atoms with Crippen molar-refractivity contribution in [1.29, 1.82) is 0 Å². The van der Waals surface area contributed by atoms with Gasteiger partial charge in [-0.05, 0) is 60.7 Å². The van der Waals surface area contributed by atoms with E-state index in [1.165, 1.54) is 82.1 Å². The lowest BCUT2D eigenvalue weighted by Gasteiger charge is -2.17. The number of imidazole rings is 1. The van der Waals surface area contributed by atoms with E-state index in [1.54, 1.807) is 0 Å². The van der Waals surface area contributed by atoms with E-state index in [1.807, 2.05) is 11.3 Å². The van der Waals surface area contributed by atoms with Gasteiger partial charge in [0.1, 0.15) is 10.8 Å². The Bertz CT molecular complexity index is 1420. The molecule has 5 nitrogen and oxygen atoms in total. The highest BCUT2D eigenvalue weighted by Crippen LogP contribution is 2.36. The number of rotatable bonds is 21. The van der Waals surface area contributed by atoms with Gasteiger partial charge in [-0.1, -0.05) is 135 Å². The topological polar surface area (TPSA) is 66.6 Å². The second-order valence-electron chi connectivity index (χ2n) is 14.1. The minimum atomic E-state index is -4.72. The van der Waals surface area contributed by atoms with E-state index in [2.05, 4.69) is 61.4 Å². The van der Waals surface area contributed by atoms with E-state index in [0.29, 0.717) is 23.8 Å². The molecule has 0 aliphatic heterocycles. The zero-order valence-electron chi connectivity index (χ0n) is 30.0. The summed E-state index contributed by atoms with van der Waals surface area (Å²) in [6.07, 6.45) is 20.8. The third kappa shape index (κ3) is 15.9. The molecule has 0 aliphatic carbocycles. The molecule has 0 unspecified atom stereocenters. The van der Waals surface area contributed by atoms with Gasteiger partial charge in [-0.2, -0.15) is 13.2 Å². The zero-order valence-corrected chi connectivity index (χ0v) is 31.6. The van der Waals surface area contributed by atoms with Crippen LogP contribution in [0.2, 0.25) is 5.15 Å². The number of carboxylic acid groups (broad SMARTS) is 1. The summed E-state index contributed by atoms with van der Waals surface area (Å²) in [7, 11) is 0. The molecule has 2 N–H and O–H groups in total. The molecular formula is C39H57ClF3N3O2S. The fourth-order valence-corrected chi connectivity index (χ4v) is 6.75. The largest absolute Gasteiger partial charge is 0.476 e. The molecule has 0 saturated carbocycles. The molecule has 0 fully saturated rings. The molecule has 0 bridgehead atoms. The Morgan fingerprint density at radius 1 is 0.980 bits per heavy atom. The van der Waals surface area contributed by atoms with Gasteiger partial charge >= 0.3 is 12.1 Å². The van der Waals surface area contributed by atoms with Gasteiger partial charge in [0.05, 0.1) is 5.56 Å². The summed E-state index contributed by atoms with van der Waals surface area (Å²) in [5, 5.41) is 14.4. The molecule has 10 heteroatoms. The van der Waals surface area contributed by atoms with Crippen molar-refractivity contribution in [3.05, 3.63) is 56.1 Å². The summed E-state index contributed by atoms with van der Waals surface area (Å²) in [6.45, 7) is 11.2. The minimum Gasteiger partial charge on any atom is -0.476 e. The van der Waals surface area contributed by atoms with Gasteiger partial charge in [0, 0.05) is 11.4 Å². The van der Waals surface area contributed by atoms with Crippen LogP contribution in [0.3, 0.4) is 0 Å². The Morgan fingerprint density at radius 3 is 2.10 bits per heavy atom. The molecule has 49 heavy (non-hydrogen) atoms. The number of nitrogens with one attached hydrogen (secondary N) is 1. The van der Waals surface area contributed by atoms with Crippen molar-refractivity contribution >= 4 is 34.6 Å². The third-order valence-corrected chi connectivity index (χ3v) is 9.74. The molecule has 3 heterocycles. The van der Waals surface area contributed by atoms with Crippen molar-refractivity contribution in [2.75, 3.05) is 6.54 Å². The average Bonchev–Trinajstić information content (AvgIpc) is 3.68. The van der Waals surface area contributed by atoms with Gasteiger partial charge in [-0.15, -0.1) is 17.8 Å². The summed E-state index contributed by atoms with van der Waals surface area (Å²) in [6, 6.07) is 5.30. The Hall–Kier alpha value is -2.54. The number of aromatic nitrogens is 2. The standard InChI is InChI=1S/C24H30ClF3N2O2.C15H27NS/c1-5-18-16(13-11-9-7-6-8-10-12-14-23(2,3)4)15-17(24(26,27)28)21-29-19(22(31)32)20(25)30(18)21;1-2-3-4-5-6-7-8-9-12-16-14-15-11-10-13-17-15/h1,15H,6-14H2,2-4H3,(H,31,32);10-11,13,16H,2-9,12,14H2,1H3. The van der Waals surface area contributed by atoms with Crippen LogP contribution in [-0.2, 0) is 19.1 Å². The van der Waals surface area contributed by atoms with Crippen LogP contribution in [-0.4, -0.2) is 27.0 Å². The maximum Gasteiger partial charge on any atom is 0.419 e. The van der Waals surface area contributed by atoms with Crippen LogP contribution in [0, 0.1) is 17.8 Å². The first-order valence-corrected chi connectivity index (χ1v) is 19.3. The van der Waals surface area contributed by atoms with Crippen LogP contribution in [0.15, 0.2) is 23.6 Å². The molecule has 0 saturated heterocycles. The Morgan fingerprint density at radius 2 is 1.57 bits per heavy atom. The maximum atomic E-state index is 13.6. The third-order valence-electron chi connectivity index (χ3n) is 8.51. The number of unbranched alkanes of at least 4 members (excludes halogenated alkanes) is 13. The Balaban J connectivity index is 0.000000412. The first kappa shape index (κ1) is 42.6. The number of alkyl halides is 3. The smallest absolute Gasteiger partial charge is 0.419 e. The number of aromatic carboxylic acids is 1. The van der Waals surface area contributed by atoms with Gasteiger partial charge in [0.15, 0.2) is 11.3 Å². The predicted molar refractivity (Wildman–Crippen MR) is 199 cm³/mol. The number of pyridine rings is 1. The summed E-state index contributed by atoms with van der Waals surface area (Å²) in [5.41, 5.74) is -1.51. The average molecular weight is 724 g/mol. The van der Waals surface area contributed by atoms with Gasteiger partial charge in [-0.25, -0.2) is 9.78 Å². The highest BCUT2D eigenvalue weighted by Gasteiger charge is 2.37. The van der Waals surface area contributed by atoms with Crippen molar-refractivity contribution in [2.24, 2.45) is 5.41 Å². The summed E-state index contributed by atoms with van der Waals surface area (Å²) < 4.78 is 41.9. The lowest BCUT2D eigenvalue weighted by Crippen LogP contribution is -2.13. The van der Waals surface area contributed by atoms with E-state index in [0.717, 1.165) is 42.7 Å². The van der Waals surface area contributed by atoms with Gasteiger partial charge in [0.25, 0.3) is 0 Å². The maximum absolute atomic E-state index is 13.6. The fraction of sp³-hybridized carbons (Fsp3) is 0.641. The molecule has 3 aromatic rings. The van der Waals surface area contributed by atoms with Crippen molar-refractivity contribution in [2.45, 2.75) is 150 Å². The first-order valence-electron chi connectivity index (χ1n) is 18.0. The molecule has 0 amide bonds. The van der Waals surface area contributed by atoms with Gasteiger partial charge in [-0.3, -0.25) is 4.40 Å². The number of aryl methyl sites for hydroxylation is 1. The molecule has 0 radical (unpaired) electrons. The van der Waals surface area contributed by atoms with E-state index < -0.39 is 34.2 Å². The van der Waals surface area contributed by atoms with Crippen LogP contribution in [0.1, 0.15) is 163 Å². The highest BCUT2D eigenvalue weighted by atomic mass is 35.5. The molecule has 3 rings (SSSR count). The molecule has 0 spiro atoms. The zero-order chi connectivity index (χ0) is 36.3. The Kier molecular flexibility index (Phi) is 19.4. The molecule has 0 aliphatic rings. The highest BCUT2D eigenvalue weighted by molar-refractivity contribution is 7.09. The first-order chi connectivity index (χ1) is 23.3. The number of fused-ring (bicyclic) bond motifs is 1. The quantitative estimate of drug-likeness (QED) is 0.0848. The summed E-state index contributed by atoms with van der Waals surface area (Å²) in [4.78, 5) is 16.4. The lowest BCUT2D eigenvalue weighted by atomic mass is 9.89. The van der Waals surface area contributed by atoms with Crippen molar-refractivity contribution in [1.82, 2.24) is 14.7 Å². The number of carboxylic acids is 1. The number of thiophene rings is 1. The van der Waals surface area contributed by atoms with Crippen LogP contribution in [0.25, 0.3) is 5.65 Å². The monoisotopic (exact) mass is 723 g/mol. The van der Waals surface area contributed by atoms with Crippen LogP contribution in [0.4, 0.5) is 13.2 Å². The number of terminal acetylenes is 1. The summed E-state index contributed by atoms with van der Waals surface area (Å²) in [5.74, 6) is 0.861. The lowest BCUT2D eigenvalue weighted by molar-refractivity contribution is -0.136. The molecule has 3 aromatic heterocycles. The van der Waals surface area contributed by atoms with Gasteiger partial charge < -0.3 is 10.4 Å². The second kappa shape index (κ2) is 22.3. The SMILES string of the molecule is C#Cc1c(CCCCCCCCCC(C)(C)C)cc(C(F)(F)F)c2nc(C(=O)O)c(Cl)n12.CCCCCCCCCCNCc1cccs1.